The van der Waals surface area contributed by atoms with Crippen molar-refractivity contribution in [1.29, 1.82) is 0 Å². The van der Waals surface area contributed by atoms with Crippen molar-refractivity contribution in [2.45, 2.75) is 20.8 Å². The third kappa shape index (κ3) is 2.72. The Bertz CT molecular complexity index is 259. The molecule has 0 unspecified atom stereocenters. The van der Waals surface area contributed by atoms with Gasteiger partial charge in [-0.1, -0.05) is 26.0 Å². The van der Waals surface area contributed by atoms with Crippen molar-refractivity contribution in [3.05, 3.63) is 24.4 Å². The zero-order chi connectivity index (χ0) is 9.90. The molecular weight excluding hydrogens is 160 g/mol. The molecule has 0 saturated heterocycles. The number of hydrogen-bond donors (Lipinski definition) is 0. The average molecular weight is 178 g/mol. The molecular formula is C11H18N2. The first kappa shape index (κ1) is 10.0. The van der Waals surface area contributed by atoms with E-state index in [4.69, 9.17) is 0 Å². The molecule has 0 aromatic rings. The van der Waals surface area contributed by atoms with E-state index in [0.29, 0.717) is 0 Å². The van der Waals surface area contributed by atoms with Crippen molar-refractivity contribution in [3.63, 3.8) is 0 Å². The summed E-state index contributed by atoms with van der Waals surface area (Å²) in [5.74, 6) is 1.03. The molecule has 2 heteroatoms. The molecule has 1 aliphatic rings. The summed E-state index contributed by atoms with van der Waals surface area (Å²) < 4.78 is 0. The standard InChI is InChI=1S/C11H18N2/c1-5-12-10-6-7-11(2,3)8-9-13(10)4/h6-9H,5H2,1-4H3. The molecule has 0 N–H and O–H groups in total. The van der Waals surface area contributed by atoms with Crippen LogP contribution in [0.15, 0.2) is 29.4 Å². The molecule has 0 amide bonds. The van der Waals surface area contributed by atoms with Gasteiger partial charge >= 0.3 is 0 Å². The highest BCUT2D eigenvalue weighted by Crippen LogP contribution is 2.21. The molecule has 0 aromatic carbocycles. The van der Waals surface area contributed by atoms with Crippen molar-refractivity contribution in [3.8, 4) is 0 Å². The van der Waals surface area contributed by atoms with Gasteiger partial charge < -0.3 is 4.90 Å². The molecule has 0 fully saturated rings. The van der Waals surface area contributed by atoms with Crippen molar-refractivity contribution >= 4 is 5.84 Å². The number of amidine groups is 1. The smallest absolute Gasteiger partial charge is 0.126 e. The molecule has 1 aliphatic heterocycles. The fourth-order valence-corrected chi connectivity index (χ4v) is 1.17. The summed E-state index contributed by atoms with van der Waals surface area (Å²) >= 11 is 0. The highest BCUT2D eigenvalue weighted by atomic mass is 15.1. The Balaban J connectivity index is 2.94. The predicted molar refractivity (Wildman–Crippen MR) is 57.8 cm³/mol. The summed E-state index contributed by atoms with van der Waals surface area (Å²) in [7, 11) is 2.02. The van der Waals surface area contributed by atoms with Crippen LogP contribution >= 0.6 is 0 Å². The summed E-state index contributed by atoms with van der Waals surface area (Å²) in [6.45, 7) is 7.25. The van der Waals surface area contributed by atoms with E-state index in [1.165, 1.54) is 0 Å². The molecule has 1 heterocycles. The summed E-state index contributed by atoms with van der Waals surface area (Å²) in [5, 5.41) is 0. The maximum absolute atomic E-state index is 4.39. The van der Waals surface area contributed by atoms with Crippen LogP contribution in [0.4, 0.5) is 0 Å². The second-order valence-electron chi connectivity index (χ2n) is 3.91. The Hall–Kier alpha value is -1.05. The van der Waals surface area contributed by atoms with Gasteiger partial charge in [0, 0.05) is 25.2 Å². The first-order valence-corrected chi connectivity index (χ1v) is 4.71. The van der Waals surface area contributed by atoms with E-state index < -0.39 is 0 Å². The highest BCUT2D eigenvalue weighted by molar-refractivity contribution is 5.93. The summed E-state index contributed by atoms with van der Waals surface area (Å²) in [6.07, 6.45) is 8.53. The predicted octanol–water partition coefficient (Wildman–Crippen LogP) is 2.45. The summed E-state index contributed by atoms with van der Waals surface area (Å²) in [4.78, 5) is 6.45. The minimum absolute atomic E-state index is 0.138. The maximum atomic E-state index is 4.39. The minimum atomic E-state index is 0.138. The Morgan fingerprint density at radius 2 is 2.08 bits per heavy atom. The van der Waals surface area contributed by atoms with Crippen LogP contribution in [-0.4, -0.2) is 24.3 Å². The molecule has 0 spiro atoms. The number of rotatable bonds is 1. The van der Waals surface area contributed by atoms with E-state index in [0.717, 1.165) is 12.4 Å². The van der Waals surface area contributed by atoms with Gasteiger partial charge in [-0.25, -0.2) is 0 Å². The fourth-order valence-electron chi connectivity index (χ4n) is 1.17. The van der Waals surface area contributed by atoms with Crippen molar-refractivity contribution < 1.29 is 0 Å². The van der Waals surface area contributed by atoms with Crippen LogP contribution in [0.25, 0.3) is 0 Å². The van der Waals surface area contributed by atoms with E-state index >= 15 is 0 Å². The van der Waals surface area contributed by atoms with Crippen LogP contribution in [0, 0.1) is 5.41 Å². The average Bonchev–Trinajstić information content (AvgIpc) is 2.18. The molecule has 0 bridgehead atoms. The summed E-state index contributed by atoms with van der Waals surface area (Å²) in [5.41, 5.74) is 0.138. The van der Waals surface area contributed by atoms with Gasteiger partial charge in [0.05, 0.1) is 0 Å². The van der Waals surface area contributed by atoms with Crippen LogP contribution in [0.2, 0.25) is 0 Å². The molecule has 0 aromatic heterocycles. The fraction of sp³-hybridized carbons (Fsp3) is 0.545. The third-order valence-corrected chi connectivity index (χ3v) is 2.07. The topological polar surface area (TPSA) is 15.6 Å². The first-order valence-electron chi connectivity index (χ1n) is 4.71. The number of nitrogens with zero attached hydrogens (tertiary/aromatic N) is 2. The number of hydrogen-bond acceptors (Lipinski definition) is 1. The third-order valence-electron chi connectivity index (χ3n) is 2.07. The second kappa shape index (κ2) is 3.77. The van der Waals surface area contributed by atoms with Gasteiger partial charge in [0.15, 0.2) is 0 Å². The first-order chi connectivity index (χ1) is 6.05. The molecule has 2 nitrogen and oxygen atoms in total. The molecule has 13 heavy (non-hydrogen) atoms. The lowest BCUT2D eigenvalue weighted by molar-refractivity contribution is 0.610. The number of aliphatic imine (C=N–C) groups is 1. The van der Waals surface area contributed by atoms with Gasteiger partial charge in [0.1, 0.15) is 5.84 Å². The molecule has 72 valence electrons. The van der Waals surface area contributed by atoms with Gasteiger partial charge in [-0.2, -0.15) is 0 Å². The van der Waals surface area contributed by atoms with Gasteiger partial charge in [0.25, 0.3) is 0 Å². The lowest BCUT2D eigenvalue weighted by Crippen LogP contribution is -2.18. The van der Waals surface area contributed by atoms with Crippen molar-refractivity contribution in [2.75, 3.05) is 13.6 Å². The molecule has 0 aliphatic carbocycles. The normalized spacial score (nSPS) is 23.7. The zero-order valence-electron chi connectivity index (χ0n) is 8.91. The number of allylic oxidation sites excluding steroid dienone is 2. The second-order valence-corrected chi connectivity index (χ2v) is 3.91. The number of likely N-dealkylation sites (N-methyl/N-ethyl adjacent to an activating group) is 1. The Morgan fingerprint density at radius 1 is 1.38 bits per heavy atom. The van der Waals surface area contributed by atoms with E-state index in [2.05, 4.69) is 55.1 Å². The Labute approximate surface area is 80.7 Å². The minimum Gasteiger partial charge on any atom is -0.337 e. The van der Waals surface area contributed by atoms with Gasteiger partial charge in [0.2, 0.25) is 0 Å². The van der Waals surface area contributed by atoms with Crippen LogP contribution in [0.5, 0.6) is 0 Å². The van der Waals surface area contributed by atoms with Crippen LogP contribution in [-0.2, 0) is 0 Å². The van der Waals surface area contributed by atoms with Crippen molar-refractivity contribution in [2.24, 2.45) is 10.4 Å². The van der Waals surface area contributed by atoms with Gasteiger partial charge in [-0.3, -0.25) is 4.99 Å². The largest absolute Gasteiger partial charge is 0.337 e. The van der Waals surface area contributed by atoms with E-state index in [9.17, 15) is 0 Å². The van der Waals surface area contributed by atoms with E-state index in [-0.39, 0.29) is 5.41 Å². The van der Waals surface area contributed by atoms with Crippen LogP contribution in [0.1, 0.15) is 20.8 Å². The van der Waals surface area contributed by atoms with Gasteiger partial charge in [-0.05, 0) is 13.0 Å². The molecule has 0 saturated carbocycles. The van der Waals surface area contributed by atoms with Crippen LogP contribution < -0.4 is 0 Å². The Kier molecular flexibility index (Phi) is 2.91. The van der Waals surface area contributed by atoms with E-state index in [1.807, 2.05) is 7.05 Å². The van der Waals surface area contributed by atoms with Gasteiger partial charge in [-0.15, -0.1) is 0 Å². The maximum Gasteiger partial charge on any atom is 0.126 e. The quantitative estimate of drug-likeness (QED) is 0.602. The lowest BCUT2D eigenvalue weighted by atomic mass is 9.93. The lowest BCUT2D eigenvalue weighted by Gasteiger charge is -2.13. The molecule has 0 radical (unpaired) electrons. The Morgan fingerprint density at radius 3 is 2.69 bits per heavy atom. The summed E-state index contributed by atoms with van der Waals surface area (Å²) in [6, 6.07) is 0. The zero-order valence-corrected chi connectivity index (χ0v) is 8.91. The SMILES string of the molecule is CCN=C1C=CC(C)(C)C=CN1C. The highest BCUT2D eigenvalue weighted by Gasteiger charge is 2.13. The molecule has 0 atom stereocenters. The molecule has 1 rings (SSSR count). The van der Waals surface area contributed by atoms with Crippen molar-refractivity contribution in [1.82, 2.24) is 4.90 Å². The van der Waals surface area contributed by atoms with E-state index in [1.54, 1.807) is 0 Å². The van der Waals surface area contributed by atoms with Crippen LogP contribution in [0.3, 0.4) is 0 Å². The monoisotopic (exact) mass is 178 g/mol.